The Balaban J connectivity index is 2.09. The van der Waals surface area contributed by atoms with Crippen molar-refractivity contribution in [3.8, 4) is 28.6 Å². The molecular weight excluding hydrogens is 334 g/mol. The number of methoxy groups -OCH3 is 2. The zero-order valence-corrected chi connectivity index (χ0v) is 15.6. The van der Waals surface area contributed by atoms with Crippen molar-refractivity contribution in [3.05, 3.63) is 48.5 Å². The first kappa shape index (κ1) is 17.4. The fraction of sp³-hybridized carbons (Fsp3) is 0.263. The van der Waals surface area contributed by atoms with Gasteiger partial charge in [-0.2, -0.15) is 0 Å². The molecule has 0 saturated heterocycles. The van der Waals surface area contributed by atoms with Crippen LogP contribution in [-0.4, -0.2) is 34.2 Å². The van der Waals surface area contributed by atoms with Gasteiger partial charge in [-0.05, 0) is 48.5 Å². The van der Waals surface area contributed by atoms with Crippen LogP contribution in [0.5, 0.6) is 11.5 Å². The van der Waals surface area contributed by atoms with Crippen LogP contribution in [-0.2, 0) is 0 Å². The zero-order chi connectivity index (χ0) is 17.8. The van der Waals surface area contributed by atoms with Gasteiger partial charge < -0.3 is 9.47 Å². The predicted octanol–water partition coefficient (Wildman–Crippen LogP) is 4.45. The average Bonchev–Trinajstić information content (AvgIpc) is 3.04. The fourth-order valence-electron chi connectivity index (χ4n) is 2.45. The molecule has 1 aromatic heterocycles. The summed E-state index contributed by atoms with van der Waals surface area (Å²) in [5.74, 6) is 2.44. The topological polar surface area (TPSA) is 49.2 Å². The average molecular weight is 355 g/mol. The summed E-state index contributed by atoms with van der Waals surface area (Å²) in [6.07, 6.45) is 0. The molecule has 0 atom stereocenters. The van der Waals surface area contributed by atoms with Crippen molar-refractivity contribution in [1.82, 2.24) is 14.8 Å². The van der Waals surface area contributed by atoms with Crippen LogP contribution in [0.1, 0.15) is 13.8 Å². The molecule has 0 N–H and O–H groups in total. The van der Waals surface area contributed by atoms with Crippen LogP contribution in [0, 0.1) is 0 Å². The molecule has 0 spiro atoms. The van der Waals surface area contributed by atoms with E-state index in [1.165, 1.54) is 0 Å². The quantitative estimate of drug-likeness (QED) is 0.611. The van der Waals surface area contributed by atoms with E-state index in [4.69, 9.17) is 9.47 Å². The van der Waals surface area contributed by atoms with Crippen LogP contribution in [0.3, 0.4) is 0 Å². The Morgan fingerprint density at radius 1 is 0.840 bits per heavy atom. The molecule has 0 saturated carbocycles. The SMILES string of the molecule is COc1ccc(-c2nnc(SC(C)C)n2-c2ccc(OC)cc2)cc1. The lowest BCUT2D eigenvalue weighted by Gasteiger charge is -2.12. The summed E-state index contributed by atoms with van der Waals surface area (Å²) in [5.41, 5.74) is 1.99. The van der Waals surface area contributed by atoms with Crippen LogP contribution < -0.4 is 9.47 Å². The van der Waals surface area contributed by atoms with Crippen LogP contribution >= 0.6 is 11.8 Å². The van der Waals surface area contributed by atoms with Gasteiger partial charge in [-0.1, -0.05) is 25.6 Å². The van der Waals surface area contributed by atoms with E-state index >= 15 is 0 Å². The second kappa shape index (κ2) is 7.61. The minimum absolute atomic E-state index is 0.407. The van der Waals surface area contributed by atoms with Crippen molar-refractivity contribution in [2.24, 2.45) is 0 Å². The molecule has 0 fully saturated rings. The summed E-state index contributed by atoms with van der Waals surface area (Å²) in [5, 5.41) is 10.1. The number of hydrogen-bond donors (Lipinski definition) is 0. The molecule has 0 unspecified atom stereocenters. The Bertz CT molecular complexity index is 827. The highest BCUT2D eigenvalue weighted by Crippen LogP contribution is 2.31. The van der Waals surface area contributed by atoms with Gasteiger partial charge in [-0.15, -0.1) is 10.2 Å². The van der Waals surface area contributed by atoms with Crippen LogP contribution in [0.25, 0.3) is 17.1 Å². The molecule has 0 aliphatic heterocycles. The Hall–Kier alpha value is -2.47. The third-order valence-corrected chi connectivity index (χ3v) is 4.60. The molecule has 25 heavy (non-hydrogen) atoms. The van der Waals surface area contributed by atoms with Crippen molar-refractivity contribution in [1.29, 1.82) is 0 Å². The Morgan fingerprint density at radius 2 is 1.40 bits per heavy atom. The second-order valence-electron chi connectivity index (χ2n) is 5.73. The summed E-state index contributed by atoms with van der Waals surface area (Å²) in [6.45, 7) is 4.29. The minimum atomic E-state index is 0.407. The van der Waals surface area contributed by atoms with Crippen LogP contribution in [0.15, 0.2) is 53.7 Å². The van der Waals surface area contributed by atoms with Crippen molar-refractivity contribution in [2.75, 3.05) is 14.2 Å². The third kappa shape index (κ3) is 3.79. The van der Waals surface area contributed by atoms with E-state index in [-0.39, 0.29) is 0 Å². The van der Waals surface area contributed by atoms with Gasteiger partial charge in [0.2, 0.25) is 0 Å². The summed E-state index contributed by atoms with van der Waals surface area (Å²) in [7, 11) is 3.32. The van der Waals surface area contributed by atoms with Gasteiger partial charge in [0.25, 0.3) is 0 Å². The Labute approximate surface area is 152 Å². The van der Waals surface area contributed by atoms with Crippen molar-refractivity contribution < 1.29 is 9.47 Å². The van der Waals surface area contributed by atoms with Crippen molar-refractivity contribution in [3.63, 3.8) is 0 Å². The van der Waals surface area contributed by atoms with Crippen molar-refractivity contribution in [2.45, 2.75) is 24.3 Å². The molecule has 0 radical (unpaired) electrons. The molecule has 130 valence electrons. The summed E-state index contributed by atoms with van der Waals surface area (Å²) in [4.78, 5) is 0. The zero-order valence-electron chi connectivity index (χ0n) is 14.8. The van der Waals surface area contributed by atoms with Gasteiger partial charge in [-0.3, -0.25) is 4.57 Å². The molecular formula is C19H21N3O2S. The van der Waals surface area contributed by atoms with Crippen LogP contribution in [0.2, 0.25) is 0 Å². The fourth-order valence-corrected chi connectivity index (χ4v) is 3.26. The van der Waals surface area contributed by atoms with Gasteiger partial charge in [-0.25, -0.2) is 0 Å². The highest BCUT2D eigenvalue weighted by Gasteiger charge is 2.17. The standard InChI is InChI=1S/C19H21N3O2S/c1-13(2)25-19-21-20-18(14-5-9-16(23-3)10-6-14)22(19)15-7-11-17(24-4)12-8-15/h5-13H,1-4H3. The minimum Gasteiger partial charge on any atom is -0.497 e. The van der Waals surface area contributed by atoms with Crippen molar-refractivity contribution >= 4 is 11.8 Å². The van der Waals surface area contributed by atoms with E-state index in [1.807, 2.05) is 48.5 Å². The molecule has 0 aliphatic carbocycles. The number of thioether (sulfide) groups is 1. The number of aromatic nitrogens is 3. The van der Waals surface area contributed by atoms with E-state index in [1.54, 1.807) is 26.0 Å². The maximum atomic E-state index is 5.26. The monoisotopic (exact) mass is 355 g/mol. The molecule has 5 nitrogen and oxygen atoms in total. The van der Waals surface area contributed by atoms with Gasteiger partial charge in [0, 0.05) is 16.5 Å². The first-order valence-electron chi connectivity index (χ1n) is 8.03. The smallest absolute Gasteiger partial charge is 0.196 e. The molecule has 3 rings (SSSR count). The highest BCUT2D eigenvalue weighted by atomic mass is 32.2. The first-order valence-corrected chi connectivity index (χ1v) is 8.91. The lowest BCUT2D eigenvalue weighted by Crippen LogP contribution is -2.01. The highest BCUT2D eigenvalue weighted by molar-refractivity contribution is 7.99. The first-order chi connectivity index (χ1) is 12.1. The number of benzene rings is 2. The summed E-state index contributed by atoms with van der Waals surface area (Å²) >= 11 is 1.69. The molecule has 0 aliphatic rings. The van der Waals surface area contributed by atoms with E-state index < -0.39 is 0 Å². The third-order valence-electron chi connectivity index (χ3n) is 3.65. The maximum Gasteiger partial charge on any atom is 0.196 e. The lowest BCUT2D eigenvalue weighted by atomic mass is 10.2. The largest absolute Gasteiger partial charge is 0.497 e. The van der Waals surface area contributed by atoms with Gasteiger partial charge >= 0.3 is 0 Å². The van der Waals surface area contributed by atoms with E-state index in [0.717, 1.165) is 33.7 Å². The molecule has 0 bridgehead atoms. The summed E-state index contributed by atoms with van der Waals surface area (Å²) in [6, 6.07) is 15.8. The van der Waals surface area contributed by atoms with Gasteiger partial charge in [0.1, 0.15) is 11.5 Å². The maximum absolute atomic E-state index is 5.26. The normalized spacial score (nSPS) is 10.9. The molecule has 3 aromatic rings. The number of hydrogen-bond acceptors (Lipinski definition) is 5. The van der Waals surface area contributed by atoms with Crippen LogP contribution in [0.4, 0.5) is 0 Å². The molecule has 0 amide bonds. The van der Waals surface area contributed by atoms with Gasteiger partial charge in [0.15, 0.2) is 11.0 Å². The molecule has 6 heteroatoms. The van der Waals surface area contributed by atoms with E-state index in [9.17, 15) is 0 Å². The number of ether oxygens (including phenoxy) is 2. The predicted molar refractivity (Wildman–Crippen MR) is 101 cm³/mol. The van der Waals surface area contributed by atoms with E-state index in [2.05, 4.69) is 28.6 Å². The Kier molecular flexibility index (Phi) is 5.28. The van der Waals surface area contributed by atoms with E-state index in [0.29, 0.717) is 5.25 Å². The Morgan fingerprint density at radius 3 is 1.92 bits per heavy atom. The number of nitrogens with zero attached hydrogens (tertiary/aromatic N) is 3. The number of rotatable bonds is 6. The molecule has 1 heterocycles. The lowest BCUT2D eigenvalue weighted by molar-refractivity contribution is 0.414. The van der Waals surface area contributed by atoms with Gasteiger partial charge in [0.05, 0.1) is 14.2 Å². The summed E-state index contributed by atoms with van der Waals surface area (Å²) < 4.78 is 12.6. The second-order valence-corrected chi connectivity index (χ2v) is 7.28. The molecule has 2 aromatic carbocycles.